The molecule has 1 N–H and O–H groups in total. The molecule has 1 aliphatic carbocycles. The third kappa shape index (κ3) is 6.07. The number of carbonyl (C=O) groups excluding carboxylic acids is 2. The minimum atomic E-state index is -0.797. The molecule has 1 saturated heterocycles. The SMILES string of the molecule is Cc1nccn1CC(=O)N(c1cccc(N2CCOCC2)c1)C(C(=O)NC1CCCCC1)c1ccccc1. The first-order chi connectivity index (χ1) is 18.6. The van der Waals surface area contributed by atoms with Crippen LogP contribution in [0.5, 0.6) is 0 Å². The summed E-state index contributed by atoms with van der Waals surface area (Å²) in [5.41, 5.74) is 2.50. The highest BCUT2D eigenvalue weighted by molar-refractivity contribution is 6.01. The topological polar surface area (TPSA) is 79.7 Å². The summed E-state index contributed by atoms with van der Waals surface area (Å²) in [7, 11) is 0. The fraction of sp³-hybridized carbons (Fsp3) is 0.433. The molecule has 1 aliphatic heterocycles. The summed E-state index contributed by atoms with van der Waals surface area (Å²) in [5.74, 6) is 0.441. The molecule has 1 atom stereocenters. The number of hydrogen-bond donors (Lipinski definition) is 1. The number of hydrogen-bond acceptors (Lipinski definition) is 5. The summed E-state index contributed by atoms with van der Waals surface area (Å²) in [6.45, 7) is 4.88. The van der Waals surface area contributed by atoms with Crippen LogP contribution in [0.4, 0.5) is 11.4 Å². The van der Waals surface area contributed by atoms with Gasteiger partial charge >= 0.3 is 0 Å². The number of nitrogens with one attached hydrogen (secondary N) is 1. The molecule has 200 valence electrons. The smallest absolute Gasteiger partial charge is 0.248 e. The van der Waals surface area contributed by atoms with Crippen LogP contribution in [0.2, 0.25) is 0 Å². The molecule has 2 aliphatic rings. The number of amides is 2. The quantitative estimate of drug-likeness (QED) is 0.485. The molecule has 1 aromatic heterocycles. The molecular formula is C30H37N5O3. The van der Waals surface area contributed by atoms with Crippen LogP contribution in [-0.4, -0.2) is 53.7 Å². The Morgan fingerprint density at radius 2 is 1.82 bits per heavy atom. The van der Waals surface area contributed by atoms with Crippen molar-refractivity contribution >= 4 is 23.2 Å². The van der Waals surface area contributed by atoms with Gasteiger partial charge in [0.05, 0.1) is 13.2 Å². The van der Waals surface area contributed by atoms with Gasteiger partial charge in [0.1, 0.15) is 18.4 Å². The van der Waals surface area contributed by atoms with Crippen LogP contribution in [0.25, 0.3) is 0 Å². The Morgan fingerprint density at radius 3 is 2.53 bits per heavy atom. The predicted molar refractivity (Wildman–Crippen MR) is 148 cm³/mol. The van der Waals surface area contributed by atoms with Crippen LogP contribution in [0.15, 0.2) is 67.0 Å². The van der Waals surface area contributed by atoms with Crippen LogP contribution in [-0.2, 0) is 20.9 Å². The minimum Gasteiger partial charge on any atom is -0.378 e. The van der Waals surface area contributed by atoms with Gasteiger partial charge in [0.15, 0.2) is 0 Å². The summed E-state index contributed by atoms with van der Waals surface area (Å²) in [6, 6.07) is 16.9. The monoisotopic (exact) mass is 515 g/mol. The highest BCUT2D eigenvalue weighted by Crippen LogP contribution is 2.32. The van der Waals surface area contributed by atoms with Gasteiger partial charge in [0.25, 0.3) is 0 Å². The maximum atomic E-state index is 14.1. The highest BCUT2D eigenvalue weighted by atomic mass is 16.5. The zero-order valence-electron chi connectivity index (χ0n) is 22.1. The molecular weight excluding hydrogens is 478 g/mol. The van der Waals surface area contributed by atoms with E-state index in [1.807, 2.05) is 60.0 Å². The van der Waals surface area contributed by atoms with Crippen molar-refractivity contribution in [1.29, 1.82) is 0 Å². The van der Waals surface area contributed by atoms with Crippen LogP contribution in [0.1, 0.15) is 49.5 Å². The molecule has 8 heteroatoms. The fourth-order valence-electron chi connectivity index (χ4n) is 5.47. The average molecular weight is 516 g/mol. The highest BCUT2D eigenvalue weighted by Gasteiger charge is 2.34. The number of morpholine rings is 1. The third-order valence-corrected chi connectivity index (χ3v) is 7.56. The Balaban J connectivity index is 1.54. The molecule has 2 fully saturated rings. The van der Waals surface area contributed by atoms with E-state index in [-0.39, 0.29) is 24.4 Å². The molecule has 0 radical (unpaired) electrons. The van der Waals surface area contributed by atoms with Crippen molar-refractivity contribution in [3.8, 4) is 0 Å². The van der Waals surface area contributed by atoms with Crippen molar-refractivity contribution in [3.63, 3.8) is 0 Å². The number of ether oxygens (including phenoxy) is 1. The molecule has 2 amide bonds. The first-order valence-electron chi connectivity index (χ1n) is 13.7. The number of benzene rings is 2. The van der Waals surface area contributed by atoms with Gasteiger partial charge in [0.2, 0.25) is 11.8 Å². The van der Waals surface area contributed by atoms with Crippen LogP contribution in [0.3, 0.4) is 0 Å². The molecule has 1 unspecified atom stereocenters. The van der Waals surface area contributed by atoms with Crippen molar-refractivity contribution in [1.82, 2.24) is 14.9 Å². The molecule has 2 heterocycles. The second kappa shape index (κ2) is 12.3. The maximum Gasteiger partial charge on any atom is 0.248 e. The van der Waals surface area contributed by atoms with Gasteiger partial charge in [-0.2, -0.15) is 0 Å². The van der Waals surface area contributed by atoms with Gasteiger partial charge < -0.3 is 19.5 Å². The first-order valence-corrected chi connectivity index (χ1v) is 13.7. The Hall–Kier alpha value is -3.65. The summed E-state index contributed by atoms with van der Waals surface area (Å²) in [4.78, 5) is 36.4. The van der Waals surface area contributed by atoms with E-state index in [0.29, 0.717) is 18.9 Å². The second-order valence-corrected chi connectivity index (χ2v) is 10.1. The lowest BCUT2D eigenvalue weighted by atomic mass is 9.94. The zero-order valence-corrected chi connectivity index (χ0v) is 22.1. The fourth-order valence-corrected chi connectivity index (χ4v) is 5.47. The van der Waals surface area contributed by atoms with Crippen molar-refractivity contribution in [3.05, 3.63) is 78.4 Å². The number of anilines is 2. The van der Waals surface area contributed by atoms with E-state index in [1.54, 1.807) is 17.3 Å². The number of nitrogens with zero attached hydrogens (tertiary/aromatic N) is 4. The van der Waals surface area contributed by atoms with E-state index < -0.39 is 6.04 Å². The third-order valence-electron chi connectivity index (χ3n) is 7.56. The molecule has 0 bridgehead atoms. The van der Waals surface area contributed by atoms with Gasteiger partial charge in [-0.25, -0.2) is 4.98 Å². The minimum absolute atomic E-state index is 0.0909. The Kier molecular flexibility index (Phi) is 8.38. The second-order valence-electron chi connectivity index (χ2n) is 10.1. The van der Waals surface area contributed by atoms with E-state index >= 15 is 0 Å². The van der Waals surface area contributed by atoms with Crippen molar-refractivity contribution in [2.24, 2.45) is 0 Å². The van der Waals surface area contributed by atoms with Crippen LogP contribution in [0, 0.1) is 6.92 Å². The number of carbonyl (C=O) groups is 2. The van der Waals surface area contributed by atoms with Crippen molar-refractivity contribution < 1.29 is 14.3 Å². The Morgan fingerprint density at radius 1 is 1.05 bits per heavy atom. The molecule has 8 nitrogen and oxygen atoms in total. The summed E-state index contributed by atoms with van der Waals surface area (Å²) >= 11 is 0. The molecule has 1 saturated carbocycles. The first kappa shape index (κ1) is 26.0. The summed E-state index contributed by atoms with van der Waals surface area (Å²) < 4.78 is 7.36. The van der Waals surface area contributed by atoms with Crippen LogP contribution >= 0.6 is 0 Å². The van der Waals surface area contributed by atoms with Gasteiger partial charge in [-0.1, -0.05) is 55.7 Å². The van der Waals surface area contributed by atoms with Gasteiger partial charge in [-0.05, 0) is 43.5 Å². The summed E-state index contributed by atoms with van der Waals surface area (Å²) in [5, 5.41) is 3.29. The van der Waals surface area contributed by atoms with Gasteiger partial charge in [0, 0.05) is 42.9 Å². The average Bonchev–Trinajstić information content (AvgIpc) is 3.36. The Bertz CT molecular complexity index is 1220. The molecule has 2 aromatic carbocycles. The molecule has 3 aromatic rings. The predicted octanol–water partition coefficient (Wildman–Crippen LogP) is 4.25. The normalized spacial score (nSPS) is 17.1. The Labute approximate surface area is 224 Å². The van der Waals surface area contributed by atoms with Crippen molar-refractivity contribution in [2.75, 3.05) is 36.1 Å². The van der Waals surface area contributed by atoms with E-state index in [0.717, 1.165) is 55.8 Å². The van der Waals surface area contributed by atoms with E-state index in [9.17, 15) is 9.59 Å². The largest absolute Gasteiger partial charge is 0.378 e. The lowest BCUT2D eigenvalue weighted by Gasteiger charge is -2.35. The van der Waals surface area contributed by atoms with Gasteiger partial charge in [-0.3, -0.25) is 14.5 Å². The number of aromatic nitrogens is 2. The van der Waals surface area contributed by atoms with Gasteiger partial charge in [-0.15, -0.1) is 0 Å². The van der Waals surface area contributed by atoms with E-state index in [1.165, 1.54) is 6.42 Å². The lowest BCUT2D eigenvalue weighted by Crippen LogP contribution is -2.48. The van der Waals surface area contributed by atoms with E-state index in [4.69, 9.17) is 4.74 Å². The number of aryl methyl sites for hydroxylation is 1. The van der Waals surface area contributed by atoms with E-state index in [2.05, 4.69) is 21.3 Å². The maximum absolute atomic E-state index is 14.1. The number of imidazole rings is 1. The number of rotatable bonds is 8. The van der Waals surface area contributed by atoms with Crippen LogP contribution < -0.4 is 15.1 Å². The molecule has 5 rings (SSSR count). The van der Waals surface area contributed by atoms with Crippen molar-refractivity contribution in [2.45, 2.75) is 57.7 Å². The summed E-state index contributed by atoms with van der Waals surface area (Å²) in [6.07, 6.45) is 8.88. The lowest BCUT2D eigenvalue weighted by molar-refractivity contribution is -0.127. The molecule has 38 heavy (non-hydrogen) atoms. The molecule has 0 spiro atoms. The standard InChI is InChI=1S/C30H37N5O3/c1-23-31-15-16-34(23)22-28(36)35(27-14-8-13-26(21-27)33-17-19-38-20-18-33)29(24-9-4-2-5-10-24)30(37)32-25-11-6-3-7-12-25/h2,4-5,8-10,13-16,21,25,29H,3,6-7,11-12,17-20,22H2,1H3,(H,32,37). The zero-order chi connectivity index (χ0) is 26.3.